The molecule has 0 bridgehead atoms. The number of esters is 1. The highest BCUT2D eigenvalue weighted by molar-refractivity contribution is 5.83. The summed E-state index contributed by atoms with van der Waals surface area (Å²) in [4.78, 5) is 14.4. The first-order valence-electron chi connectivity index (χ1n) is 3.28. The van der Waals surface area contributed by atoms with Gasteiger partial charge in [0.1, 0.15) is 11.6 Å². The Balaban J connectivity index is 2.71. The Kier molecular flexibility index (Phi) is 2.42. The number of nitrogens with two attached hydrogens (primary N) is 1. The largest absolute Gasteiger partial charge is 0.422 e. The minimum Gasteiger partial charge on any atom is -0.422 e. The number of nitrogen functional groups attached to an aromatic ring is 1. The summed E-state index contributed by atoms with van der Waals surface area (Å²) in [6.07, 6.45) is 2.45. The van der Waals surface area contributed by atoms with Crippen LogP contribution in [0.15, 0.2) is 31.0 Å². The summed E-state index contributed by atoms with van der Waals surface area (Å²) in [5, 5.41) is 0. The molecule has 0 amide bonds. The van der Waals surface area contributed by atoms with Crippen molar-refractivity contribution in [2.24, 2.45) is 0 Å². The maximum absolute atomic E-state index is 10.7. The van der Waals surface area contributed by atoms with Crippen LogP contribution in [-0.4, -0.2) is 11.0 Å². The summed E-state index contributed by atoms with van der Waals surface area (Å²) in [6.45, 7) is 3.25. The van der Waals surface area contributed by atoms with E-state index in [0.29, 0.717) is 11.6 Å². The zero-order valence-corrected chi connectivity index (χ0v) is 6.36. The highest BCUT2D eigenvalue weighted by Crippen LogP contribution is 2.09. The standard InChI is InChI=1S/C8H8N2O2/c1-2-8(11)12-6-3-4-7(9)10-5-6/h2-5H,1H2,(H2,9,10). The van der Waals surface area contributed by atoms with Gasteiger partial charge in [0.2, 0.25) is 0 Å². The minimum atomic E-state index is -0.512. The summed E-state index contributed by atoms with van der Waals surface area (Å²) in [5.41, 5.74) is 5.32. The maximum Gasteiger partial charge on any atom is 0.335 e. The van der Waals surface area contributed by atoms with Crippen LogP contribution < -0.4 is 10.5 Å². The second-order valence-electron chi connectivity index (χ2n) is 2.04. The van der Waals surface area contributed by atoms with Crippen LogP contribution in [0.25, 0.3) is 0 Å². The number of ether oxygens (including phenoxy) is 1. The van der Waals surface area contributed by atoms with Crippen LogP contribution in [0, 0.1) is 0 Å². The first-order valence-corrected chi connectivity index (χ1v) is 3.28. The molecule has 1 rings (SSSR count). The van der Waals surface area contributed by atoms with Crippen molar-refractivity contribution in [2.75, 3.05) is 5.73 Å². The van der Waals surface area contributed by atoms with Gasteiger partial charge in [0, 0.05) is 6.08 Å². The summed E-state index contributed by atoms with van der Waals surface area (Å²) in [5.74, 6) is 0.226. The van der Waals surface area contributed by atoms with Gasteiger partial charge in [-0.3, -0.25) is 0 Å². The molecule has 4 heteroatoms. The predicted octanol–water partition coefficient (Wildman–Crippen LogP) is 0.755. The molecule has 0 unspecified atom stereocenters. The Morgan fingerprint density at radius 3 is 2.92 bits per heavy atom. The number of hydrogen-bond acceptors (Lipinski definition) is 4. The van der Waals surface area contributed by atoms with Crippen molar-refractivity contribution in [3.63, 3.8) is 0 Å². The molecular weight excluding hydrogens is 156 g/mol. The fourth-order valence-electron chi connectivity index (χ4n) is 0.610. The van der Waals surface area contributed by atoms with Crippen LogP contribution in [0.1, 0.15) is 0 Å². The molecule has 0 aromatic carbocycles. The monoisotopic (exact) mass is 164 g/mol. The molecule has 62 valence electrons. The van der Waals surface area contributed by atoms with E-state index >= 15 is 0 Å². The quantitative estimate of drug-likeness (QED) is 0.517. The van der Waals surface area contributed by atoms with E-state index in [9.17, 15) is 4.79 Å². The van der Waals surface area contributed by atoms with Crippen LogP contribution in [0.5, 0.6) is 5.75 Å². The molecule has 0 fully saturated rings. The van der Waals surface area contributed by atoms with E-state index in [1.54, 1.807) is 12.1 Å². The Morgan fingerprint density at radius 1 is 1.67 bits per heavy atom. The van der Waals surface area contributed by atoms with Gasteiger partial charge in [0.05, 0.1) is 6.20 Å². The molecule has 12 heavy (non-hydrogen) atoms. The van der Waals surface area contributed by atoms with E-state index in [1.165, 1.54) is 6.20 Å². The molecule has 4 nitrogen and oxygen atoms in total. The highest BCUT2D eigenvalue weighted by Gasteiger charge is 1.98. The molecule has 0 radical (unpaired) electrons. The van der Waals surface area contributed by atoms with Crippen LogP contribution in [0.2, 0.25) is 0 Å². The lowest BCUT2D eigenvalue weighted by Gasteiger charge is -1.99. The molecule has 0 saturated heterocycles. The van der Waals surface area contributed by atoms with E-state index in [0.717, 1.165) is 6.08 Å². The number of carbonyl (C=O) groups is 1. The van der Waals surface area contributed by atoms with E-state index in [4.69, 9.17) is 10.5 Å². The van der Waals surface area contributed by atoms with Gasteiger partial charge in [-0.1, -0.05) is 6.58 Å². The molecular formula is C8H8N2O2. The molecule has 0 saturated carbocycles. The number of rotatable bonds is 2. The van der Waals surface area contributed by atoms with Crippen molar-refractivity contribution >= 4 is 11.8 Å². The molecule has 0 aliphatic rings. The predicted molar refractivity (Wildman–Crippen MR) is 44.5 cm³/mol. The fraction of sp³-hybridized carbons (Fsp3) is 0. The molecule has 1 aromatic rings. The summed E-state index contributed by atoms with van der Waals surface area (Å²) < 4.78 is 4.74. The molecule has 0 aliphatic heterocycles. The van der Waals surface area contributed by atoms with Gasteiger partial charge >= 0.3 is 5.97 Å². The zero-order chi connectivity index (χ0) is 8.97. The molecule has 1 heterocycles. The number of pyridine rings is 1. The first-order chi connectivity index (χ1) is 5.72. The molecule has 1 aromatic heterocycles. The minimum absolute atomic E-state index is 0.356. The van der Waals surface area contributed by atoms with Gasteiger partial charge in [-0.25, -0.2) is 9.78 Å². The summed E-state index contributed by atoms with van der Waals surface area (Å²) in [7, 11) is 0. The van der Waals surface area contributed by atoms with Gasteiger partial charge in [-0.2, -0.15) is 0 Å². The normalized spacial score (nSPS) is 9.00. The number of anilines is 1. The van der Waals surface area contributed by atoms with Crippen molar-refractivity contribution in [2.45, 2.75) is 0 Å². The number of carbonyl (C=O) groups excluding carboxylic acids is 1. The van der Waals surface area contributed by atoms with Gasteiger partial charge in [0.25, 0.3) is 0 Å². The van der Waals surface area contributed by atoms with Gasteiger partial charge in [0.15, 0.2) is 0 Å². The fourth-order valence-corrected chi connectivity index (χ4v) is 0.610. The molecule has 0 spiro atoms. The van der Waals surface area contributed by atoms with E-state index in [1.807, 2.05) is 0 Å². The third kappa shape index (κ3) is 2.09. The highest BCUT2D eigenvalue weighted by atomic mass is 16.5. The third-order valence-corrected chi connectivity index (χ3v) is 1.14. The van der Waals surface area contributed by atoms with Gasteiger partial charge < -0.3 is 10.5 Å². The average Bonchev–Trinajstić information content (AvgIpc) is 2.09. The van der Waals surface area contributed by atoms with Crippen LogP contribution in [0.4, 0.5) is 5.82 Å². The summed E-state index contributed by atoms with van der Waals surface area (Å²) in [6, 6.07) is 3.11. The zero-order valence-electron chi connectivity index (χ0n) is 6.36. The molecule has 2 N–H and O–H groups in total. The van der Waals surface area contributed by atoms with Crippen molar-refractivity contribution in [1.82, 2.24) is 4.98 Å². The number of aromatic nitrogens is 1. The topological polar surface area (TPSA) is 65.2 Å². The lowest BCUT2D eigenvalue weighted by Crippen LogP contribution is -2.03. The number of hydrogen-bond donors (Lipinski definition) is 1. The Morgan fingerprint density at radius 2 is 2.42 bits per heavy atom. The van der Waals surface area contributed by atoms with Crippen molar-refractivity contribution in [1.29, 1.82) is 0 Å². The number of nitrogens with zero attached hydrogens (tertiary/aromatic N) is 1. The second-order valence-corrected chi connectivity index (χ2v) is 2.04. The van der Waals surface area contributed by atoms with Crippen LogP contribution in [-0.2, 0) is 4.79 Å². The third-order valence-electron chi connectivity index (χ3n) is 1.14. The Labute approximate surface area is 69.7 Å². The average molecular weight is 164 g/mol. The molecule has 0 aliphatic carbocycles. The smallest absolute Gasteiger partial charge is 0.335 e. The maximum atomic E-state index is 10.7. The van der Waals surface area contributed by atoms with Crippen molar-refractivity contribution in [3.8, 4) is 5.75 Å². The first kappa shape index (κ1) is 8.26. The Bertz CT molecular complexity index is 292. The van der Waals surface area contributed by atoms with Crippen molar-refractivity contribution < 1.29 is 9.53 Å². The molecule has 0 atom stereocenters. The second kappa shape index (κ2) is 3.52. The van der Waals surface area contributed by atoms with Crippen LogP contribution >= 0.6 is 0 Å². The van der Waals surface area contributed by atoms with Crippen molar-refractivity contribution in [3.05, 3.63) is 31.0 Å². The van der Waals surface area contributed by atoms with Crippen LogP contribution in [0.3, 0.4) is 0 Å². The Hall–Kier alpha value is -1.84. The van der Waals surface area contributed by atoms with Gasteiger partial charge in [-0.05, 0) is 12.1 Å². The lowest BCUT2D eigenvalue weighted by molar-refractivity contribution is -0.128. The summed E-state index contributed by atoms with van der Waals surface area (Å²) >= 11 is 0. The van der Waals surface area contributed by atoms with Gasteiger partial charge in [-0.15, -0.1) is 0 Å². The van der Waals surface area contributed by atoms with E-state index in [-0.39, 0.29) is 0 Å². The SMILES string of the molecule is C=CC(=O)Oc1ccc(N)nc1. The van der Waals surface area contributed by atoms with E-state index < -0.39 is 5.97 Å². The van der Waals surface area contributed by atoms with E-state index in [2.05, 4.69) is 11.6 Å². The lowest BCUT2D eigenvalue weighted by atomic mass is 10.4.